The molecular weight excluding hydrogens is 308 g/mol. The average Bonchev–Trinajstić information content (AvgIpc) is 2.78. The number of nitrogens with two attached hydrogens (primary N) is 1. The third kappa shape index (κ3) is 3.16. The molecule has 1 saturated heterocycles. The fraction of sp³-hybridized carbons (Fsp3) is 0.714. The van der Waals surface area contributed by atoms with Gasteiger partial charge in [-0.2, -0.15) is 0 Å². The molecule has 0 radical (unpaired) electrons. The molecule has 2 heterocycles. The Kier molecular flexibility index (Phi) is 5.24. The minimum absolute atomic E-state index is 0.232. The molecule has 0 saturated carbocycles. The first-order valence-corrected chi connectivity index (χ1v) is 8.56. The maximum atomic E-state index is 6.40. The van der Waals surface area contributed by atoms with Gasteiger partial charge in [-0.05, 0) is 54.7 Å². The van der Waals surface area contributed by atoms with Crippen molar-refractivity contribution in [1.29, 1.82) is 0 Å². The topological polar surface area (TPSA) is 29.3 Å². The Balaban J connectivity index is 2.24. The van der Waals surface area contributed by atoms with Crippen LogP contribution >= 0.6 is 27.3 Å². The monoisotopic (exact) mass is 330 g/mol. The van der Waals surface area contributed by atoms with Crippen LogP contribution in [0.2, 0.25) is 0 Å². The van der Waals surface area contributed by atoms with E-state index in [4.69, 9.17) is 5.73 Å². The number of likely N-dealkylation sites (tertiary alicyclic amines) is 1. The third-order valence-corrected chi connectivity index (χ3v) is 5.73. The zero-order valence-corrected chi connectivity index (χ0v) is 13.6. The second kappa shape index (κ2) is 6.51. The largest absolute Gasteiger partial charge is 0.326 e. The van der Waals surface area contributed by atoms with Gasteiger partial charge in [0.2, 0.25) is 0 Å². The van der Waals surface area contributed by atoms with Gasteiger partial charge >= 0.3 is 0 Å². The van der Waals surface area contributed by atoms with E-state index in [1.165, 1.54) is 35.2 Å². The zero-order valence-electron chi connectivity index (χ0n) is 11.2. The first kappa shape index (κ1) is 14.5. The lowest BCUT2D eigenvalue weighted by molar-refractivity contribution is 0.0899. The summed E-state index contributed by atoms with van der Waals surface area (Å²) in [5, 5.41) is 2.17. The van der Waals surface area contributed by atoms with Crippen LogP contribution in [0.15, 0.2) is 15.9 Å². The van der Waals surface area contributed by atoms with Crippen LogP contribution < -0.4 is 5.73 Å². The number of thiophene rings is 1. The van der Waals surface area contributed by atoms with E-state index in [1.807, 2.05) is 11.3 Å². The Hall–Kier alpha value is 0.1000. The molecule has 3 unspecified atom stereocenters. The average molecular weight is 331 g/mol. The summed E-state index contributed by atoms with van der Waals surface area (Å²) < 4.78 is 1.18. The fourth-order valence-electron chi connectivity index (χ4n) is 2.86. The summed E-state index contributed by atoms with van der Waals surface area (Å²) in [6.07, 6.45) is 5.01. The molecule has 3 atom stereocenters. The van der Waals surface area contributed by atoms with Gasteiger partial charge in [-0.25, -0.2) is 0 Å². The maximum absolute atomic E-state index is 6.40. The molecule has 4 heteroatoms. The number of nitrogens with zero attached hydrogens (tertiary/aromatic N) is 1. The molecule has 1 aliphatic heterocycles. The lowest BCUT2D eigenvalue weighted by Crippen LogP contribution is -2.47. The van der Waals surface area contributed by atoms with Gasteiger partial charge < -0.3 is 5.73 Å². The quantitative estimate of drug-likeness (QED) is 0.897. The predicted octanol–water partition coefficient (Wildman–Crippen LogP) is 4.16. The molecule has 1 fully saturated rings. The number of hydrogen-bond acceptors (Lipinski definition) is 3. The number of piperidine rings is 1. The van der Waals surface area contributed by atoms with Crippen molar-refractivity contribution in [2.75, 3.05) is 6.54 Å². The van der Waals surface area contributed by atoms with E-state index in [2.05, 4.69) is 46.1 Å². The van der Waals surface area contributed by atoms with Crippen molar-refractivity contribution in [2.45, 2.75) is 57.7 Å². The maximum Gasteiger partial charge on any atom is 0.0596 e. The number of hydrogen-bond donors (Lipinski definition) is 1. The van der Waals surface area contributed by atoms with E-state index in [1.54, 1.807) is 0 Å². The Morgan fingerprint density at radius 3 is 2.89 bits per heavy atom. The van der Waals surface area contributed by atoms with Gasteiger partial charge in [0.05, 0.1) is 6.04 Å². The number of halogens is 1. The van der Waals surface area contributed by atoms with E-state index < -0.39 is 0 Å². The molecule has 0 spiro atoms. The molecule has 2 nitrogen and oxygen atoms in total. The Morgan fingerprint density at radius 2 is 2.33 bits per heavy atom. The summed E-state index contributed by atoms with van der Waals surface area (Å²) in [4.78, 5) is 4.03. The molecule has 18 heavy (non-hydrogen) atoms. The van der Waals surface area contributed by atoms with E-state index in [0.29, 0.717) is 12.1 Å². The molecule has 0 amide bonds. The molecule has 1 aromatic heterocycles. The van der Waals surface area contributed by atoms with Crippen LogP contribution in [-0.4, -0.2) is 23.5 Å². The lowest BCUT2D eigenvalue weighted by atomic mass is 9.96. The Morgan fingerprint density at radius 1 is 1.56 bits per heavy atom. The zero-order chi connectivity index (χ0) is 13.1. The smallest absolute Gasteiger partial charge is 0.0596 e. The highest BCUT2D eigenvalue weighted by atomic mass is 79.9. The summed E-state index contributed by atoms with van der Waals surface area (Å²) in [6.45, 7) is 5.72. The van der Waals surface area contributed by atoms with Crippen molar-refractivity contribution < 1.29 is 0 Å². The molecule has 0 aliphatic carbocycles. The van der Waals surface area contributed by atoms with E-state index >= 15 is 0 Å². The van der Waals surface area contributed by atoms with Gasteiger partial charge in [0.25, 0.3) is 0 Å². The summed E-state index contributed by atoms with van der Waals surface area (Å²) in [5.41, 5.74) is 6.40. The first-order valence-electron chi connectivity index (χ1n) is 6.88. The highest BCUT2D eigenvalue weighted by Crippen LogP contribution is 2.35. The van der Waals surface area contributed by atoms with Gasteiger partial charge in [-0.1, -0.05) is 13.3 Å². The van der Waals surface area contributed by atoms with Crippen LogP contribution in [0.4, 0.5) is 0 Å². The lowest BCUT2D eigenvalue weighted by Gasteiger charge is -2.41. The van der Waals surface area contributed by atoms with E-state index in [0.717, 1.165) is 6.42 Å². The Labute approximate surface area is 123 Å². The van der Waals surface area contributed by atoms with Gasteiger partial charge in [0, 0.05) is 26.8 Å². The molecule has 2 rings (SSSR count). The minimum atomic E-state index is 0.232. The summed E-state index contributed by atoms with van der Waals surface area (Å²) in [7, 11) is 0. The van der Waals surface area contributed by atoms with Gasteiger partial charge in [-0.3, -0.25) is 4.90 Å². The normalized spacial score (nSPS) is 25.0. The van der Waals surface area contributed by atoms with Crippen molar-refractivity contribution in [3.63, 3.8) is 0 Å². The van der Waals surface area contributed by atoms with Crippen LogP contribution in [0, 0.1) is 0 Å². The van der Waals surface area contributed by atoms with E-state index in [9.17, 15) is 0 Å². The van der Waals surface area contributed by atoms with Crippen molar-refractivity contribution in [3.05, 3.63) is 20.8 Å². The molecule has 0 bridgehead atoms. The van der Waals surface area contributed by atoms with Crippen LogP contribution in [0.25, 0.3) is 0 Å². The van der Waals surface area contributed by atoms with Gasteiger partial charge in [0.15, 0.2) is 0 Å². The van der Waals surface area contributed by atoms with Crippen molar-refractivity contribution in [3.8, 4) is 0 Å². The van der Waals surface area contributed by atoms with Crippen molar-refractivity contribution >= 4 is 27.3 Å². The van der Waals surface area contributed by atoms with Crippen LogP contribution in [0.5, 0.6) is 0 Å². The van der Waals surface area contributed by atoms with Crippen LogP contribution in [-0.2, 0) is 0 Å². The molecule has 1 aromatic rings. The third-order valence-electron chi connectivity index (χ3n) is 3.97. The second-order valence-electron chi connectivity index (χ2n) is 5.27. The second-order valence-corrected chi connectivity index (χ2v) is 7.13. The predicted molar refractivity (Wildman–Crippen MR) is 83.0 cm³/mol. The van der Waals surface area contributed by atoms with E-state index in [-0.39, 0.29) is 6.04 Å². The summed E-state index contributed by atoms with van der Waals surface area (Å²) in [6, 6.07) is 3.52. The molecule has 1 aliphatic rings. The Bertz CT molecular complexity index is 380. The first-order chi connectivity index (χ1) is 8.63. The summed E-state index contributed by atoms with van der Waals surface area (Å²) >= 11 is 5.39. The molecule has 2 N–H and O–H groups in total. The summed E-state index contributed by atoms with van der Waals surface area (Å²) in [5.74, 6) is 0. The molecule has 102 valence electrons. The van der Waals surface area contributed by atoms with Gasteiger partial charge in [0.1, 0.15) is 0 Å². The van der Waals surface area contributed by atoms with Crippen LogP contribution in [0.3, 0.4) is 0 Å². The number of rotatable bonds is 4. The fourth-order valence-corrected chi connectivity index (χ4v) is 4.50. The highest BCUT2D eigenvalue weighted by molar-refractivity contribution is 9.10. The van der Waals surface area contributed by atoms with Crippen molar-refractivity contribution in [1.82, 2.24) is 4.90 Å². The van der Waals surface area contributed by atoms with Crippen molar-refractivity contribution in [2.24, 2.45) is 5.73 Å². The standard InChI is InChI=1S/C14H23BrN2S/c1-3-12(16)14(13-8-11(15)9-18-13)17-7-5-4-6-10(17)2/h8-10,12,14H,3-7,16H2,1-2H3. The van der Waals surface area contributed by atoms with Crippen LogP contribution in [0.1, 0.15) is 50.4 Å². The van der Waals surface area contributed by atoms with Gasteiger partial charge in [-0.15, -0.1) is 11.3 Å². The molecule has 0 aromatic carbocycles. The SMILES string of the molecule is CCC(N)C(c1cc(Br)cs1)N1CCCCC1C. The highest BCUT2D eigenvalue weighted by Gasteiger charge is 2.31. The molecular formula is C14H23BrN2S. The minimum Gasteiger partial charge on any atom is -0.326 e.